The minimum atomic E-state index is -0.124. The first-order valence-corrected chi connectivity index (χ1v) is 9.68. The zero-order valence-corrected chi connectivity index (χ0v) is 16.4. The molecule has 0 fully saturated rings. The Morgan fingerprint density at radius 1 is 1.21 bits per heavy atom. The van der Waals surface area contributed by atoms with Crippen LogP contribution in [0.4, 0.5) is 5.13 Å². The van der Waals surface area contributed by atoms with Gasteiger partial charge in [0.05, 0.1) is 23.5 Å². The molecule has 0 saturated carbocycles. The predicted molar refractivity (Wildman–Crippen MR) is 110 cm³/mol. The Kier molecular flexibility index (Phi) is 5.08. The van der Waals surface area contributed by atoms with Gasteiger partial charge >= 0.3 is 0 Å². The van der Waals surface area contributed by atoms with Gasteiger partial charge in [0, 0.05) is 18.4 Å². The van der Waals surface area contributed by atoms with Gasteiger partial charge in [-0.1, -0.05) is 41.2 Å². The number of aromatic nitrogens is 2. The van der Waals surface area contributed by atoms with Crippen molar-refractivity contribution in [1.82, 2.24) is 9.97 Å². The molecule has 2 aromatic heterocycles. The molecule has 0 atom stereocenters. The van der Waals surface area contributed by atoms with E-state index in [1.807, 2.05) is 49.4 Å². The fraction of sp³-hybridized carbons (Fsp3) is 0.190. The lowest BCUT2D eigenvalue weighted by atomic mass is 10.1. The highest BCUT2D eigenvalue weighted by molar-refractivity contribution is 7.22. The summed E-state index contributed by atoms with van der Waals surface area (Å²) >= 11 is 1.42. The zero-order valence-electron chi connectivity index (χ0n) is 15.6. The molecular weight excluding hydrogens is 374 g/mol. The van der Waals surface area contributed by atoms with Crippen molar-refractivity contribution in [3.05, 3.63) is 60.1 Å². The number of ether oxygens (including phenoxy) is 1. The van der Waals surface area contributed by atoms with Crippen LogP contribution in [0.2, 0.25) is 0 Å². The molecule has 6 nitrogen and oxygen atoms in total. The number of amides is 1. The van der Waals surface area contributed by atoms with Crippen molar-refractivity contribution in [2.24, 2.45) is 0 Å². The first kappa shape index (κ1) is 18.2. The largest absolute Gasteiger partial charge is 0.497 e. The highest BCUT2D eigenvalue weighted by Gasteiger charge is 2.11. The molecule has 1 N–H and O–H groups in total. The fourth-order valence-electron chi connectivity index (χ4n) is 2.76. The van der Waals surface area contributed by atoms with Crippen LogP contribution in [-0.4, -0.2) is 23.0 Å². The standard InChI is InChI=1S/C21H19N3O3S/c1-13-3-5-14(6-4-13)17-12-22-20(27-17)10-9-19(25)24-21-23-16-8-7-15(26-2)11-18(16)28-21/h3-8,11-12H,9-10H2,1-2H3,(H,23,24,25). The SMILES string of the molecule is COc1ccc2nc(NC(=O)CCc3ncc(-c4ccc(C)cc4)o3)sc2c1. The predicted octanol–water partition coefficient (Wildman–Crippen LogP) is 4.84. The molecule has 0 unspecified atom stereocenters. The van der Waals surface area contributed by atoms with Crippen molar-refractivity contribution in [3.63, 3.8) is 0 Å². The normalized spacial score (nSPS) is 10.9. The number of hydrogen-bond donors (Lipinski definition) is 1. The number of nitrogens with zero attached hydrogens (tertiary/aromatic N) is 2. The van der Waals surface area contributed by atoms with Crippen molar-refractivity contribution >= 4 is 32.6 Å². The number of rotatable bonds is 6. The first-order valence-electron chi connectivity index (χ1n) is 8.87. The van der Waals surface area contributed by atoms with Crippen LogP contribution in [0.1, 0.15) is 17.9 Å². The van der Waals surface area contributed by atoms with E-state index < -0.39 is 0 Å². The third-order valence-corrected chi connectivity index (χ3v) is 5.23. The van der Waals surface area contributed by atoms with E-state index in [1.165, 1.54) is 16.9 Å². The van der Waals surface area contributed by atoms with Gasteiger partial charge < -0.3 is 14.5 Å². The lowest BCUT2D eigenvalue weighted by Gasteiger charge is -2.00. The van der Waals surface area contributed by atoms with Crippen LogP contribution in [0.3, 0.4) is 0 Å². The maximum absolute atomic E-state index is 12.3. The summed E-state index contributed by atoms with van der Waals surface area (Å²) in [6, 6.07) is 13.7. The summed E-state index contributed by atoms with van der Waals surface area (Å²) in [7, 11) is 1.62. The summed E-state index contributed by atoms with van der Waals surface area (Å²) < 4.78 is 11.9. The molecule has 7 heteroatoms. The van der Waals surface area contributed by atoms with Gasteiger partial charge in [0.2, 0.25) is 5.91 Å². The summed E-state index contributed by atoms with van der Waals surface area (Å²) in [6.45, 7) is 2.04. The number of anilines is 1. The van der Waals surface area contributed by atoms with E-state index in [0.29, 0.717) is 23.2 Å². The van der Waals surface area contributed by atoms with Gasteiger partial charge in [0.15, 0.2) is 16.8 Å². The Bertz CT molecular complexity index is 1120. The van der Waals surface area contributed by atoms with Gasteiger partial charge in [-0.3, -0.25) is 4.79 Å². The van der Waals surface area contributed by atoms with E-state index in [2.05, 4.69) is 15.3 Å². The van der Waals surface area contributed by atoms with Crippen molar-refractivity contribution in [2.45, 2.75) is 19.8 Å². The minimum Gasteiger partial charge on any atom is -0.497 e. The number of oxazole rings is 1. The second kappa shape index (κ2) is 7.82. The number of carbonyl (C=O) groups excluding carboxylic acids is 1. The van der Waals surface area contributed by atoms with Crippen molar-refractivity contribution in [3.8, 4) is 17.1 Å². The Balaban J connectivity index is 1.36. The van der Waals surface area contributed by atoms with Crippen molar-refractivity contribution < 1.29 is 13.9 Å². The van der Waals surface area contributed by atoms with Gasteiger partial charge in [-0.25, -0.2) is 9.97 Å². The van der Waals surface area contributed by atoms with Crippen LogP contribution in [0, 0.1) is 6.92 Å². The molecule has 28 heavy (non-hydrogen) atoms. The average molecular weight is 393 g/mol. The molecule has 0 radical (unpaired) electrons. The molecular formula is C21H19N3O3S. The number of carbonyl (C=O) groups is 1. The van der Waals surface area contributed by atoms with E-state index in [-0.39, 0.29) is 12.3 Å². The van der Waals surface area contributed by atoms with E-state index in [4.69, 9.17) is 9.15 Å². The summed E-state index contributed by atoms with van der Waals surface area (Å²) in [5, 5.41) is 3.41. The number of methoxy groups -OCH3 is 1. The minimum absolute atomic E-state index is 0.124. The average Bonchev–Trinajstić information content (AvgIpc) is 3.32. The fourth-order valence-corrected chi connectivity index (χ4v) is 3.68. The number of hydrogen-bond acceptors (Lipinski definition) is 6. The third-order valence-electron chi connectivity index (χ3n) is 4.30. The van der Waals surface area contributed by atoms with Crippen LogP contribution in [-0.2, 0) is 11.2 Å². The van der Waals surface area contributed by atoms with Gasteiger partial charge in [-0.15, -0.1) is 0 Å². The highest BCUT2D eigenvalue weighted by atomic mass is 32.1. The smallest absolute Gasteiger partial charge is 0.226 e. The summed E-state index contributed by atoms with van der Waals surface area (Å²) in [4.78, 5) is 21.0. The van der Waals surface area contributed by atoms with Crippen LogP contribution >= 0.6 is 11.3 Å². The maximum Gasteiger partial charge on any atom is 0.226 e. The van der Waals surface area contributed by atoms with Gasteiger partial charge in [0.25, 0.3) is 0 Å². The van der Waals surface area contributed by atoms with E-state index in [0.717, 1.165) is 21.5 Å². The molecule has 2 aromatic carbocycles. The van der Waals surface area contributed by atoms with Crippen LogP contribution in [0.15, 0.2) is 53.1 Å². The number of aryl methyl sites for hydroxylation is 2. The first-order chi connectivity index (χ1) is 13.6. The zero-order chi connectivity index (χ0) is 19.5. The molecule has 0 saturated heterocycles. The van der Waals surface area contributed by atoms with Crippen molar-refractivity contribution in [1.29, 1.82) is 0 Å². The third kappa shape index (κ3) is 4.04. The summed E-state index contributed by atoms with van der Waals surface area (Å²) in [6.07, 6.45) is 2.39. The lowest BCUT2D eigenvalue weighted by Crippen LogP contribution is -2.12. The second-order valence-electron chi connectivity index (χ2n) is 6.39. The number of thiazole rings is 1. The molecule has 4 rings (SSSR count). The molecule has 1 amide bonds. The quantitative estimate of drug-likeness (QED) is 0.507. The monoisotopic (exact) mass is 393 g/mol. The van der Waals surface area contributed by atoms with Gasteiger partial charge in [-0.05, 0) is 25.1 Å². The van der Waals surface area contributed by atoms with Gasteiger partial charge in [0.1, 0.15) is 5.75 Å². The number of nitrogens with one attached hydrogen (secondary N) is 1. The van der Waals surface area contributed by atoms with Crippen LogP contribution in [0.25, 0.3) is 21.5 Å². The summed E-state index contributed by atoms with van der Waals surface area (Å²) in [5.74, 6) is 1.89. The molecule has 142 valence electrons. The van der Waals surface area contributed by atoms with Crippen LogP contribution < -0.4 is 10.1 Å². The summed E-state index contributed by atoms with van der Waals surface area (Å²) in [5.41, 5.74) is 2.99. The van der Waals surface area contributed by atoms with Gasteiger partial charge in [-0.2, -0.15) is 0 Å². The topological polar surface area (TPSA) is 77.2 Å². The lowest BCUT2D eigenvalue weighted by molar-refractivity contribution is -0.116. The number of benzene rings is 2. The molecule has 0 aliphatic heterocycles. The molecule has 0 aliphatic carbocycles. The number of fused-ring (bicyclic) bond motifs is 1. The van der Waals surface area contributed by atoms with E-state index in [9.17, 15) is 4.79 Å². The Morgan fingerprint density at radius 2 is 2.04 bits per heavy atom. The molecule has 0 bridgehead atoms. The highest BCUT2D eigenvalue weighted by Crippen LogP contribution is 2.29. The Morgan fingerprint density at radius 3 is 2.82 bits per heavy atom. The second-order valence-corrected chi connectivity index (χ2v) is 7.42. The van der Waals surface area contributed by atoms with E-state index >= 15 is 0 Å². The Labute approximate surface area is 166 Å². The molecule has 2 heterocycles. The molecule has 4 aromatic rings. The Hall–Kier alpha value is -3.19. The van der Waals surface area contributed by atoms with E-state index in [1.54, 1.807) is 13.3 Å². The van der Waals surface area contributed by atoms with Crippen molar-refractivity contribution in [2.75, 3.05) is 12.4 Å². The molecule has 0 aliphatic rings. The van der Waals surface area contributed by atoms with Crippen LogP contribution in [0.5, 0.6) is 5.75 Å². The maximum atomic E-state index is 12.3. The molecule has 0 spiro atoms.